The van der Waals surface area contributed by atoms with E-state index in [2.05, 4.69) is 4.90 Å². The molecule has 1 aliphatic rings. The number of anilines is 2. The van der Waals surface area contributed by atoms with Crippen molar-refractivity contribution in [3.8, 4) is 0 Å². The second-order valence-corrected chi connectivity index (χ2v) is 4.19. The number of nitrogens with two attached hydrogens (primary N) is 1. The van der Waals surface area contributed by atoms with Gasteiger partial charge in [0.15, 0.2) is 0 Å². The lowest BCUT2D eigenvalue weighted by Gasteiger charge is -2.36. The fraction of sp³-hybridized carbons (Fsp3) is 0.417. The van der Waals surface area contributed by atoms with Gasteiger partial charge in [0.1, 0.15) is 0 Å². The van der Waals surface area contributed by atoms with Gasteiger partial charge < -0.3 is 15.5 Å². The van der Waals surface area contributed by atoms with Crippen molar-refractivity contribution in [1.82, 2.24) is 0 Å². The maximum atomic E-state index is 11.9. The van der Waals surface area contributed by atoms with E-state index in [4.69, 9.17) is 5.73 Å². The molecule has 1 aromatic carbocycles. The molecule has 1 aromatic rings. The summed E-state index contributed by atoms with van der Waals surface area (Å²) in [5.74, 6) is -0.0134. The standard InChI is InChI=1S/C12H17N3O/c1-9(13)12(16)15-8-7-14(2)10-5-3-4-6-11(10)15/h3-6,9H,7-8,13H2,1-2H3/t9-/m0/s1. The number of rotatable bonds is 1. The number of carbonyl (C=O) groups is 1. The first-order valence-electron chi connectivity index (χ1n) is 5.48. The molecule has 0 aromatic heterocycles. The maximum Gasteiger partial charge on any atom is 0.243 e. The molecular weight excluding hydrogens is 202 g/mol. The van der Waals surface area contributed by atoms with Crippen molar-refractivity contribution in [3.63, 3.8) is 0 Å². The van der Waals surface area contributed by atoms with Crippen LogP contribution >= 0.6 is 0 Å². The number of carbonyl (C=O) groups excluding carboxylic acids is 1. The summed E-state index contributed by atoms with van der Waals surface area (Å²) in [5, 5.41) is 0. The number of amides is 1. The molecule has 2 N–H and O–H groups in total. The lowest BCUT2D eigenvalue weighted by Crippen LogP contribution is -2.48. The van der Waals surface area contributed by atoms with Gasteiger partial charge in [0, 0.05) is 20.1 Å². The molecular formula is C12H17N3O. The Morgan fingerprint density at radius 2 is 1.94 bits per heavy atom. The Morgan fingerprint density at radius 1 is 1.31 bits per heavy atom. The van der Waals surface area contributed by atoms with Crippen molar-refractivity contribution >= 4 is 17.3 Å². The molecule has 0 radical (unpaired) electrons. The molecule has 1 amide bonds. The molecule has 0 saturated heterocycles. The number of para-hydroxylation sites is 2. The number of fused-ring (bicyclic) bond motifs is 1. The van der Waals surface area contributed by atoms with Gasteiger partial charge in [-0.15, -0.1) is 0 Å². The number of nitrogens with zero attached hydrogens (tertiary/aromatic N) is 2. The minimum Gasteiger partial charge on any atom is -0.371 e. The van der Waals surface area contributed by atoms with E-state index >= 15 is 0 Å². The first kappa shape index (κ1) is 11.0. The van der Waals surface area contributed by atoms with Crippen LogP contribution in [0.4, 0.5) is 11.4 Å². The lowest BCUT2D eigenvalue weighted by atomic mass is 10.1. The lowest BCUT2D eigenvalue weighted by molar-refractivity contribution is -0.119. The first-order valence-corrected chi connectivity index (χ1v) is 5.48. The monoisotopic (exact) mass is 219 g/mol. The number of hydrogen-bond donors (Lipinski definition) is 1. The summed E-state index contributed by atoms with van der Waals surface area (Å²) in [5.41, 5.74) is 7.70. The number of benzene rings is 1. The molecule has 1 heterocycles. The van der Waals surface area contributed by atoms with Crippen LogP contribution in [0.1, 0.15) is 6.92 Å². The fourth-order valence-electron chi connectivity index (χ4n) is 1.98. The van der Waals surface area contributed by atoms with E-state index in [-0.39, 0.29) is 5.91 Å². The summed E-state index contributed by atoms with van der Waals surface area (Å²) >= 11 is 0. The van der Waals surface area contributed by atoms with Crippen LogP contribution in [0.3, 0.4) is 0 Å². The van der Waals surface area contributed by atoms with Gasteiger partial charge in [0.2, 0.25) is 5.91 Å². The average molecular weight is 219 g/mol. The SMILES string of the molecule is C[C@H](N)C(=O)N1CCN(C)c2ccccc21. The van der Waals surface area contributed by atoms with Crippen molar-refractivity contribution in [2.45, 2.75) is 13.0 Å². The van der Waals surface area contributed by atoms with Gasteiger partial charge in [0.05, 0.1) is 17.4 Å². The van der Waals surface area contributed by atoms with Crippen LogP contribution in [0.25, 0.3) is 0 Å². The highest BCUT2D eigenvalue weighted by Gasteiger charge is 2.26. The maximum absolute atomic E-state index is 11.9. The summed E-state index contributed by atoms with van der Waals surface area (Å²) in [6.45, 7) is 3.27. The Hall–Kier alpha value is -1.55. The number of likely N-dealkylation sites (N-methyl/N-ethyl adjacent to an activating group) is 1. The third-order valence-electron chi connectivity index (χ3n) is 2.90. The minimum atomic E-state index is -0.448. The van der Waals surface area contributed by atoms with Crippen molar-refractivity contribution in [2.75, 3.05) is 29.9 Å². The van der Waals surface area contributed by atoms with E-state index in [0.717, 1.165) is 17.9 Å². The molecule has 0 saturated carbocycles. The van der Waals surface area contributed by atoms with E-state index in [1.54, 1.807) is 11.8 Å². The summed E-state index contributed by atoms with van der Waals surface area (Å²) < 4.78 is 0. The number of hydrogen-bond acceptors (Lipinski definition) is 3. The Labute approximate surface area is 95.6 Å². The Morgan fingerprint density at radius 3 is 2.56 bits per heavy atom. The van der Waals surface area contributed by atoms with Crippen molar-refractivity contribution < 1.29 is 4.79 Å². The second kappa shape index (κ2) is 4.14. The summed E-state index contributed by atoms with van der Waals surface area (Å²) in [4.78, 5) is 15.9. The second-order valence-electron chi connectivity index (χ2n) is 4.19. The molecule has 1 aliphatic heterocycles. The molecule has 4 heteroatoms. The average Bonchev–Trinajstić information content (AvgIpc) is 2.29. The Bertz CT molecular complexity index is 403. The summed E-state index contributed by atoms with van der Waals surface area (Å²) in [6, 6.07) is 7.46. The van der Waals surface area contributed by atoms with Crippen molar-refractivity contribution in [2.24, 2.45) is 5.73 Å². The topological polar surface area (TPSA) is 49.6 Å². The molecule has 1 atom stereocenters. The molecule has 86 valence electrons. The van der Waals surface area contributed by atoms with Gasteiger partial charge in [-0.2, -0.15) is 0 Å². The minimum absolute atomic E-state index is 0.0134. The smallest absolute Gasteiger partial charge is 0.243 e. The highest BCUT2D eigenvalue weighted by molar-refractivity contribution is 6.00. The van der Waals surface area contributed by atoms with Crippen molar-refractivity contribution in [1.29, 1.82) is 0 Å². The molecule has 2 rings (SSSR count). The van der Waals surface area contributed by atoms with E-state index in [1.807, 2.05) is 31.3 Å². The molecule has 0 unspecified atom stereocenters. The van der Waals surface area contributed by atoms with E-state index in [9.17, 15) is 4.79 Å². The summed E-state index contributed by atoms with van der Waals surface area (Å²) in [6.07, 6.45) is 0. The quantitative estimate of drug-likeness (QED) is 0.760. The van der Waals surface area contributed by atoms with Crippen molar-refractivity contribution in [3.05, 3.63) is 24.3 Å². The van der Waals surface area contributed by atoms with E-state index in [0.29, 0.717) is 6.54 Å². The van der Waals surface area contributed by atoms with E-state index < -0.39 is 6.04 Å². The molecule has 0 aliphatic carbocycles. The Balaban J connectivity index is 2.38. The van der Waals surface area contributed by atoms with E-state index in [1.165, 1.54) is 0 Å². The van der Waals surface area contributed by atoms with Crippen LogP contribution in [-0.2, 0) is 4.79 Å². The highest BCUT2D eigenvalue weighted by atomic mass is 16.2. The van der Waals surface area contributed by atoms with Gasteiger partial charge in [-0.1, -0.05) is 12.1 Å². The molecule has 0 spiro atoms. The van der Waals surface area contributed by atoms with Crippen LogP contribution < -0.4 is 15.5 Å². The van der Waals surface area contributed by atoms with Crippen LogP contribution in [0.5, 0.6) is 0 Å². The highest BCUT2D eigenvalue weighted by Crippen LogP contribution is 2.31. The fourth-order valence-corrected chi connectivity index (χ4v) is 1.98. The molecule has 4 nitrogen and oxygen atoms in total. The largest absolute Gasteiger partial charge is 0.371 e. The van der Waals surface area contributed by atoms with Gasteiger partial charge in [-0.05, 0) is 19.1 Å². The third kappa shape index (κ3) is 1.76. The van der Waals surface area contributed by atoms with Crippen LogP contribution in [-0.4, -0.2) is 32.1 Å². The van der Waals surface area contributed by atoms with Crippen LogP contribution in [0.15, 0.2) is 24.3 Å². The van der Waals surface area contributed by atoms with Gasteiger partial charge in [0.25, 0.3) is 0 Å². The predicted octanol–water partition coefficient (Wildman–Crippen LogP) is 0.817. The van der Waals surface area contributed by atoms with Gasteiger partial charge in [-0.3, -0.25) is 4.79 Å². The Kier molecular flexibility index (Phi) is 2.83. The first-order chi connectivity index (χ1) is 7.61. The molecule has 0 fully saturated rings. The van der Waals surface area contributed by atoms with Crippen LogP contribution in [0, 0.1) is 0 Å². The zero-order valence-electron chi connectivity index (χ0n) is 9.68. The summed E-state index contributed by atoms with van der Waals surface area (Å²) in [7, 11) is 2.03. The zero-order valence-corrected chi connectivity index (χ0v) is 9.68. The van der Waals surface area contributed by atoms with Crippen LogP contribution in [0.2, 0.25) is 0 Å². The third-order valence-corrected chi connectivity index (χ3v) is 2.90. The molecule has 16 heavy (non-hydrogen) atoms. The van der Waals surface area contributed by atoms with Gasteiger partial charge in [-0.25, -0.2) is 0 Å². The zero-order chi connectivity index (χ0) is 11.7. The normalized spacial score (nSPS) is 16.9. The predicted molar refractivity (Wildman–Crippen MR) is 65.7 cm³/mol. The molecule has 0 bridgehead atoms. The van der Waals surface area contributed by atoms with Gasteiger partial charge >= 0.3 is 0 Å².